The quantitative estimate of drug-likeness (QED) is 0.493. The second-order valence-corrected chi connectivity index (χ2v) is 5.15. The summed E-state index contributed by atoms with van der Waals surface area (Å²) in [6.07, 6.45) is 2.35. The van der Waals surface area contributed by atoms with E-state index in [1.54, 1.807) is 0 Å². The number of hydrogen-bond donors (Lipinski definition) is 4. The SMILES string of the molecule is O=C(O)CCC(Cc1ccccc1)NC(=O)NCCCCO. The number of hydrogen-bond acceptors (Lipinski definition) is 3. The van der Waals surface area contributed by atoms with Crippen molar-refractivity contribution in [2.45, 2.75) is 38.1 Å². The maximum atomic E-state index is 11.8. The minimum absolute atomic E-state index is 0.0162. The van der Waals surface area contributed by atoms with Crippen molar-refractivity contribution in [1.29, 1.82) is 0 Å². The highest BCUT2D eigenvalue weighted by Crippen LogP contribution is 2.08. The van der Waals surface area contributed by atoms with Gasteiger partial charge in [-0.05, 0) is 31.2 Å². The van der Waals surface area contributed by atoms with Crippen LogP contribution in [0, 0.1) is 0 Å². The molecule has 1 aromatic rings. The van der Waals surface area contributed by atoms with E-state index in [1.807, 2.05) is 30.3 Å². The summed E-state index contributed by atoms with van der Waals surface area (Å²) in [7, 11) is 0. The topological polar surface area (TPSA) is 98.7 Å². The van der Waals surface area contributed by atoms with E-state index in [9.17, 15) is 9.59 Å². The lowest BCUT2D eigenvalue weighted by Gasteiger charge is -2.18. The molecule has 0 heterocycles. The first-order valence-electron chi connectivity index (χ1n) is 7.52. The molecule has 1 unspecified atom stereocenters. The van der Waals surface area contributed by atoms with Gasteiger partial charge in [0.1, 0.15) is 0 Å². The number of benzene rings is 1. The zero-order valence-corrected chi connectivity index (χ0v) is 12.6. The van der Waals surface area contributed by atoms with Crippen molar-refractivity contribution in [1.82, 2.24) is 10.6 Å². The van der Waals surface area contributed by atoms with Crippen molar-refractivity contribution in [2.24, 2.45) is 0 Å². The van der Waals surface area contributed by atoms with Crippen LogP contribution < -0.4 is 10.6 Å². The molecule has 122 valence electrons. The second-order valence-electron chi connectivity index (χ2n) is 5.15. The average molecular weight is 308 g/mol. The zero-order chi connectivity index (χ0) is 16.2. The van der Waals surface area contributed by atoms with Gasteiger partial charge in [0.15, 0.2) is 0 Å². The Morgan fingerprint density at radius 2 is 1.86 bits per heavy atom. The van der Waals surface area contributed by atoms with Crippen LogP contribution in [0.2, 0.25) is 0 Å². The predicted octanol–water partition coefficient (Wildman–Crippen LogP) is 1.53. The summed E-state index contributed by atoms with van der Waals surface area (Å²) in [5, 5.41) is 23.0. The molecule has 1 rings (SSSR count). The van der Waals surface area contributed by atoms with Crippen molar-refractivity contribution in [3.8, 4) is 0 Å². The Bertz CT molecular complexity index is 451. The largest absolute Gasteiger partial charge is 0.481 e. The Labute approximate surface area is 130 Å². The minimum atomic E-state index is -0.872. The second kappa shape index (κ2) is 10.6. The Hall–Kier alpha value is -2.08. The van der Waals surface area contributed by atoms with Gasteiger partial charge in [-0.15, -0.1) is 0 Å². The van der Waals surface area contributed by atoms with Gasteiger partial charge in [-0.1, -0.05) is 30.3 Å². The summed E-state index contributed by atoms with van der Waals surface area (Å²) in [6.45, 7) is 0.599. The van der Waals surface area contributed by atoms with Gasteiger partial charge in [0.25, 0.3) is 0 Å². The van der Waals surface area contributed by atoms with Gasteiger partial charge < -0.3 is 20.8 Å². The molecule has 0 spiro atoms. The van der Waals surface area contributed by atoms with Crippen LogP contribution in [0.15, 0.2) is 30.3 Å². The fourth-order valence-corrected chi connectivity index (χ4v) is 2.10. The van der Waals surface area contributed by atoms with Gasteiger partial charge >= 0.3 is 12.0 Å². The molecule has 0 aromatic heterocycles. The molecule has 0 saturated carbocycles. The van der Waals surface area contributed by atoms with E-state index < -0.39 is 5.97 Å². The first-order valence-corrected chi connectivity index (χ1v) is 7.52. The summed E-state index contributed by atoms with van der Waals surface area (Å²) < 4.78 is 0. The van der Waals surface area contributed by atoms with Crippen molar-refractivity contribution >= 4 is 12.0 Å². The van der Waals surface area contributed by atoms with Crippen molar-refractivity contribution in [3.05, 3.63) is 35.9 Å². The van der Waals surface area contributed by atoms with Crippen LogP contribution in [0.25, 0.3) is 0 Å². The number of amides is 2. The number of aliphatic hydroxyl groups excluding tert-OH is 1. The van der Waals surface area contributed by atoms with Crippen LogP contribution in [0.3, 0.4) is 0 Å². The summed E-state index contributed by atoms with van der Waals surface area (Å²) >= 11 is 0. The van der Waals surface area contributed by atoms with Crippen LogP contribution in [0.1, 0.15) is 31.2 Å². The molecule has 1 atom stereocenters. The molecule has 0 aliphatic heterocycles. The molecule has 6 nitrogen and oxygen atoms in total. The highest BCUT2D eigenvalue weighted by atomic mass is 16.4. The highest BCUT2D eigenvalue weighted by Gasteiger charge is 2.14. The van der Waals surface area contributed by atoms with Gasteiger partial charge in [0.2, 0.25) is 0 Å². The maximum absolute atomic E-state index is 11.8. The highest BCUT2D eigenvalue weighted by molar-refractivity contribution is 5.74. The van der Waals surface area contributed by atoms with Gasteiger partial charge in [-0.25, -0.2) is 4.79 Å². The summed E-state index contributed by atoms with van der Waals surface area (Å²) in [6, 6.07) is 9.12. The van der Waals surface area contributed by atoms with Crippen LogP contribution >= 0.6 is 0 Å². The molecule has 0 radical (unpaired) electrons. The molecular weight excluding hydrogens is 284 g/mol. The van der Waals surface area contributed by atoms with E-state index in [-0.39, 0.29) is 25.1 Å². The average Bonchev–Trinajstić information content (AvgIpc) is 2.50. The van der Waals surface area contributed by atoms with E-state index >= 15 is 0 Å². The molecule has 1 aromatic carbocycles. The van der Waals surface area contributed by atoms with E-state index in [1.165, 1.54) is 0 Å². The smallest absolute Gasteiger partial charge is 0.315 e. The lowest BCUT2D eigenvalue weighted by molar-refractivity contribution is -0.137. The Morgan fingerprint density at radius 1 is 1.14 bits per heavy atom. The Kier molecular flexibility index (Phi) is 8.67. The first-order chi connectivity index (χ1) is 10.6. The standard InChI is InChI=1S/C16H24N2O4/c19-11-5-4-10-17-16(22)18-14(8-9-15(20)21)12-13-6-2-1-3-7-13/h1-3,6-7,14,19H,4-5,8-12H2,(H,20,21)(H2,17,18,22). The zero-order valence-electron chi connectivity index (χ0n) is 12.6. The first kappa shape index (κ1) is 18.0. The third-order valence-electron chi connectivity index (χ3n) is 3.24. The summed E-state index contributed by atoms with van der Waals surface area (Å²) in [4.78, 5) is 22.6. The monoisotopic (exact) mass is 308 g/mol. The maximum Gasteiger partial charge on any atom is 0.315 e. The number of carbonyl (C=O) groups excluding carboxylic acids is 1. The number of carboxylic acid groups (broad SMARTS) is 1. The number of unbranched alkanes of at least 4 members (excludes halogenated alkanes) is 1. The third kappa shape index (κ3) is 8.26. The molecule has 0 bridgehead atoms. The lowest BCUT2D eigenvalue weighted by atomic mass is 10.0. The number of nitrogens with one attached hydrogen (secondary N) is 2. The van der Waals surface area contributed by atoms with E-state index in [2.05, 4.69) is 10.6 Å². The molecule has 22 heavy (non-hydrogen) atoms. The van der Waals surface area contributed by atoms with E-state index in [0.717, 1.165) is 5.56 Å². The summed E-state index contributed by atoms with van der Waals surface area (Å²) in [5.74, 6) is -0.872. The fourth-order valence-electron chi connectivity index (χ4n) is 2.10. The number of carbonyl (C=O) groups is 2. The van der Waals surface area contributed by atoms with Crippen molar-refractivity contribution < 1.29 is 19.8 Å². The number of rotatable bonds is 10. The lowest BCUT2D eigenvalue weighted by Crippen LogP contribution is -2.43. The third-order valence-corrected chi connectivity index (χ3v) is 3.24. The number of aliphatic hydroxyl groups is 1. The Morgan fingerprint density at radius 3 is 2.50 bits per heavy atom. The predicted molar refractivity (Wildman–Crippen MR) is 83.7 cm³/mol. The number of carboxylic acids is 1. The Balaban J connectivity index is 2.46. The van der Waals surface area contributed by atoms with Gasteiger partial charge in [0.05, 0.1) is 0 Å². The summed E-state index contributed by atoms with van der Waals surface area (Å²) in [5.41, 5.74) is 1.05. The minimum Gasteiger partial charge on any atom is -0.481 e. The molecule has 0 saturated heterocycles. The van der Waals surface area contributed by atoms with Crippen molar-refractivity contribution in [3.63, 3.8) is 0 Å². The van der Waals surface area contributed by atoms with Crippen LogP contribution in [0.5, 0.6) is 0 Å². The normalized spacial score (nSPS) is 11.7. The van der Waals surface area contributed by atoms with E-state index in [4.69, 9.17) is 10.2 Å². The molecule has 0 aliphatic rings. The molecule has 2 amide bonds. The molecule has 4 N–H and O–H groups in total. The van der Waals surface area contributed by atoms with Gasteiger partial charge in [-0.2, -0.15) is 0 Å². The van der Waals surface area contributed by atoms with Crippen LogP contribution in [-0.4, -0.2) is 41.4 Å². The number of urea groups is 1. The van der Waals surface area contributed by atoms with E-state index in [0.29, 0.717) is 32.2 Å². The van der Waals surface area contributed by atoms with Crippen LogP contribution in [-0.2, 0) is 11.2 Å². The molecule has 0 aliphatic carbocycles. The van der Waals surface area contributed by atoms with Crippen LogP contribution in [0.4, 0.5) is 4.79 Å². The molecule has 0 fully saturated rings. The number of aliphatic carboxylic acids is 1. The van der Waals surface area contributed by atoms with Gasteiger partial charge in [-0.3, -0.25) is 4.79 Å². The van der Waals surface area contributed by atoms with Crippen molar-refractivity contribution in [2.75, 3.05) is 13.2 Å². The van der Waals surface area contributed by atoms with Gasteiger partial charge in [0, 0.05) is 25.6 Å². The molecular formula is C16H24N2O4. The fraction of sp³-hybridized carbons (Fsp3) is 0.500. The molecule has 6 heteroatoms.